The maximum Gasteiger partial charge on any atom is 0.123 e. The van der Waals surface area contributed by atoms with Crippen molar-refractivity contribution in [2.45, 2.75) is 26.3 Å². The molecule has 2 heterocycles. The molecule has 0 radical (unpaired) electrons. The normalized spacial score (nSPS) is 22.9. The minimum absolute atomic E-state index is 0.0158. The van der Waals surface area contributed by atoms with Crippen molar-refractivity contribution in [2.75, 3.05) is 19.7 Å². The lowest BCUT2D eigenvalue weighted by molar-refractivity contribution is 0.0430. The van der Waals surface area contributed by atoms with Gasteiger partial charge in [-0.3, -0.25) is 10.00 Å². The second-order valence-electron chi connectivity index (χ2n) is 6.56. The lowest BCUT2D eigenvalue weighted by Crippen LogP contribution is -2.43. The summed E-state index contributed by atoms with van der Waals surface area (Å²) < 4.78 is 13.1. The van der Waals surface area contributed by atoms with E-state index in [-0.39, 0.29) is 17.8 Å². The number of nitrogens with zero attached hydrogens (tertiary/aromatic N) is 2. The zero-order valence-corrected chi connectivity index (χ0v) is 12.8. The molecule has 1 atom stereocenters. The van der Waals surface area contributed by atoms with Gasteiger partial charge in [0.15, 0.2) is 0 Å². The van der Waals surface area contributed by atoms with E-state index in [9.17, 15) is 9.50 Å². The summed E-state index contributed by atoms with van der Waals surface area (Å²) in [6.07, 6.45) is 4.00. The van der Waals surface area contributed by atoms with Gasteiger partial charge in [0, 0.05) is 36.2 Å². The summed E-state index contributed by atoms with van der Waals surface area (Å²) in [5.74, 6) is -0.237. The molecule has 4 nitrogen and oxygen atoms in total. The van der Waals surface area contributed by atoms with Crippen LogP contribution >= 0.6 is 0 Å². The molecule has 2 N–H and O–H groups in total. The molecule has 0 saturated carbocycles. The Kier molecular flexibility index (Phi) is 4.27. The third-order valence-corrected chi connectivity index (χ3v) is 4.49. The van der Waals surface area contributed by atoms with E-state index < -0.39 is 0 Å². The van der Waals surface area contributed by atoms with E-state index in [1.807, 2.05) is 6.20 Å². The maximum absolute atomic E-state index is 13.1. The first-order valence-electron chi connectivity index (χ1n) is 7.71. The Morgan fingerprint density at radius 3 is 2.86 bits per heavy atom. The molecule has 1 aliphatic rings. The average Bonchev–Trinajstić information content (AvgIpc) is 2.96. The van der Waals surface area contributed by atoms with E-state index in [1.54, 1.807) is 12.1 Å². The number of halogens is 1. The predicted octanol–water partition coefficient (Wildman–Crippen LogP) is 2.81. The molecule has 1 saturated heterocycles. The summed E-state index contributed by atoms with van der Waals surface area (Å²) in [7, 11) is 0. The molecule has 1 fully saturated rings. The quantitative estimate of drug-likeness (QED) is 0.913. The summed E-state index contributed by atoms with van der Waals surface area (Å²) >= 11 is 0. The van der Waals surface area contributed by atoms with E-state index in [1.165, 1.54) is 12.1 Å². The van der Waals surface area contributed by atoms with Crippen LogP contribution in [0.5, 0.6) is 0 Å². The zero-order valence-electron chi connectivity index (χ0n) is 12.8. The number of aliphatic hydroxyl groups is 1. The lowest BCUT2D eigenvalue weighted by atomic mass is 9.82. The van der Waals surface area contributed by atoms with Crippen LogP contribution in [0.15, 0.2) is 30.5 Å². The van der Waals surface area contributed by atoms with Gasteiger partial charge in [0.25, 0.3) is 0 Å². The van der Waals surface area contributed by atoms with E-state index in [2.05, 4.69) is 22.0 Å². The molecular formula is C17H22FN3O. The number of likely N-dealkylation sites (tertiary alicyclic amines) is 1. The van der Waals surface area contributed by atoms with E-state index in [4.69, 9.17) is 0 Å². The van der Waals surface area contributed by atoms with Gasteiger partial charge in [0.2, 0.25) is 0 Å². The third kappa shape index (κ3) is 3.20. The highest BCUT2D eigenvalue weighted by Gasteiger charge is 2.30. The highest BCUT2D eigenvalue weighted by atomic mass is 19.1. The van der Waals surface area contributed by atoms with E-state index in [0.29, 0.717) is 0 Å². The van der Waals surface area contributed by atoms with Gasteiger partial charge >= 0.3 is 0 Å². The Bertz CT molecular complexity index is 625. The largest absolute Gasteiger partial charge is 0.396 e. The number of piperidine rings is 1. The van der Waals surface area contributed by atoms with Crippen molar-refractivity contribution in [3.63, 3.8) is 0 Å². The van der Waals surface area contributed by atoms with Crippen molar-refractivity contribution in [2.24, 2.45) is 5.41 Å². The van der Waals surface area contributed by atoms with Crippen LogP contribution in [-0.4, -0.2) is 39.9 Å². The van der Waals surface area contributed by atoms with Crippen molar-refractivity contribution >= 4 is 0 Å². The fourth-order valence-corrected chi connectivity index (χ4v) is 3.23. The van der Waals surface area contributed by atoms with Gasteiger partial charge in [-0.15, -0.1) is 0 Å². The smallest absolute Gasteiger partial charge is 0.123 e. The number of aliphatic hydroxyl groups excluding tert-OH is 1. The highest BCUT2D eigenvalue weighted by molar-refractivity contribution is 5.62. The number of hydrogen-bond acceptors (Lipinski definition) is 3. The summed E-state index contributed by atoms with van der Waals surface area (Å²) in [4.78, 5) is 2.36. The predicted molar refractivity (Wildman–Crippen MR) is 83.7 cm³/mol. The van der Waals surface area contributed by atoms with Gasteiger partial charge in [-0.1, -0.05) is 6.92 Å². The molecular weight excluding hydrogens is 281 g/mol. The molecule has 0 aliphatic carbocycles. The van der Waals surface area contributed by atoms with Crippen molar-refractivity contribution < 1.29 is 9.50 Å². The standard InChI is InChI=1S/C17H22FN3O/c1-17(12-22)7-2-8-21(11-17)10-14-9-19-20-16(14)13-3-5-15(18)6-4-13/h3-6,9,22H,2,7-8,10-12H2,1H3,(H,19,20). The van der Waals surface area contributed by atoms with Crippen LogP contribution in [0.1, 0.15) is 25.3 Å². The van der Waals surface area contributed by atoms with Crippen LogP contribution in [-0.2, 0) is 6.54 Å². The van der Waals surface area contributed by atoms with Gasteiger partial charge in [-0.05, 0) is 43.7 Å². The number of aromatic amines is 1. The topological polar surface area (TPSA) is 52.1 Å². The first-order valence-corrected chi connectivity index (χ1v) is 7.71. The summed E-state index contributed by atoms with van der Waals surface area (Å²) in [6.45, 7) is 5.06. The molecule has 1 aromatic carbocycles. The van der Waals surface area contributed by atoms with Gasteiger partial charge in [-0.2, -0.15) is 5.10 Å². The van der Waals surface area contributed by atoms with Crippen molar-refractivity contribution in [3.05, 3.63) is 41.8 Å². The molecule has 5 heteroatoms. The first-order chi connectivity index (χ1) is 10.6. The number of H-pyrrole nitrogens is 1. The Hall–Kier alpha value is -1.72. The second kappa shape index (κ2) is 6.18. The maximum atomic E-state index is 13.1. The Morgan fingerprint density at radius 2 is 2.14 bits per heavy atom. The zero-order chi connectivity index (χ0) is 15.6. The van der Waals surface area contributed by atoms with Gasteiger partial charge < -0.3 is 5.11 Å². The number of rotatable bonds is 4. The highest BCUT2D eigenvalue weighted by Crippen LogP contribution is 2.30. The molecule has 1 aromatic heterocycles. The van der Waals surface area contributed by atoms with Crippen LogP contribution in [0.3, 0.4) is 0 Å². The molecule has 0 spiro atoms. The Labute approximate surface area is 130 Å². The first kappa shape index (κ1) is 15.2. The summed E-state index contributed by atoms with van der Waals surface area (Å²) in [6, 6.07) is 6.45. The average molecular weight is 303 g/mol. The van der Waals surface area contributed by atoms with Gasteiger partial charge in [0.1, 0.15) is 5.82 Å². The molecule has 2 aromatic rings. The third-order valence-electron chi connectivity index (χ3n) is 4.49. The van der Waals surface area contributed by atoms with Crippen molar-refractivity contribution in [1.29, 1.82) is 0 Å². The lowest BCUT2D eigenvalue weighted by Gasteiger charge is -2.39. The molecule has 1 aliphatic heterocycles. The van der Waals surface area contributed by atoms with Crippen molar-refractivity contribution in [1.82, 2.24) is 15.1 Å². The van der Waals surface area contributed by atoms with E-state index in [0.717, 1.165) is 49.3 Å². The minimum atomic E-state index is -0.237. The van der Waals surface area contributed by atoms with Crippen LogP contribution in [0, 0.1) is 11.2 Å². The van der Waals surface area contributed by atoms with Crippen LogP contribution in [0.2, 0.25) is 0 Å². The van der Waals surface area contributed by atoms with Crippen LogP contribution < -0.4 is 0 Å². The molecule has 22 heavy (non-hydrogen) atoms. The van der Waals surface area contributed by atoms with Gasteiger partial charge in [-0.25, -0.2) is 4.39 Å². The Balaban J connectivity index is 1.76. The molecule has 3 rings (SSSR count). The Morgan fingerprint density at radius 1 is 1.36 bits per heavy atom. The summed E-state index contributed by atoms with van der Waals surface area (Å²) in [5.41, 5.74) is 2.97. The number of benzene rings is 1. The molecule has 1 unspecified atom stereocenters. The van der Waals surface area contributed by atoms with Crippen molar-refractivity contribution in [3.8, 4) is 11.3 Å². The SMILES string of the molecule is CC1(CO)CCCN(Cc2cn[nH]c2-c2ccc(F)cc2)C1. The number of hydrogen-bond donors (Lipinski definition) is 2. The second-order valence-corrected chi connectivity index (χ2v) is 6.56. The minimum Gasteiger partial charge on any atom is -0.396 e. The monoisotopic (exact) mass is 303 g/mol. The van der Waals surface area contributed by atoms with Crippen LogP contribution in [0.4, 0.5) is 4.39 Å². The molecule has 0 amide bonds. The fraction of sp³-hybridized carbons (Fsp3) is 0.471. The number of nitrogens with one attached hydrogen (secondary N) is 1. The summed E-state index contributed by atoms with van der Waals surface area (Å²) in [5, 5.41) is 16.7. The number of aromatic nitrogens is 2. The fourth-order valence-electron chi connectivity index (χ4n) is 3.23. The molecule has 0 bridgehead atoms. The van der Waals surface area contributed by atoms with Crippen LogP contribution in [0.25, 0.3) is 11.3 Å². The van der Waals surface area contributed by atoms with Gasteiger partial charge in [0.05, 0.1) is 11.9 Å². The van der Waals surface area contributed by atoms with E-state index >= 15 is 0 Å². The molecule has 118 valence electrons.